The molecule has 0 saturated heterocycles. The highest BCUT2D eigenvalue weighted by atomic mass is 16.2. The van der Waals surface area contributed by atoms with Gasteiger partial charge in [-0.2, -0.15) is 0 Å². The van der Waals surface area contributed by atoms with E-state index in [0.29, 0.717) is 0 Å². The van der Waals surface area contributed by atoms with Crippen LogP contribution in [0.25, 0.3) is 0 Å². The van der Waals surface area contributed by atoms with Crippen molar-refractivity contribution in [1.82, 2.24) is 0 Å². The predicted octanol–water partition coefficient (Wildman–Crippen LogP) is 1.24. The zero-order chi connectivity index (χ0) is 10.6. The molecule has 2 aliphatic heterocycles. The monoisotopic (exact) mass is 202 g/mol. The first-order valence-corrected chi connectivity index (χ1v) is 4.86. The molecule has 1 atom stereocenters. The number of benzene rings is 1. The van der Waals surface area contributed by atoms with E-state index in [1.807, 2.05) is 25.1 Å². The minimum absolute atomic E-state index is 0.0835. The summed E-state index contributed by atoms with van der Waals surface area (Å²) in [4.78, 5) is 23.3. The molecule has 0 aliphatic carbocycles. The molecular formula is C11H10N2O2. The molecule has 76 valence electrons. The molecule has 2 aliphatic rings. The van der Waals surface area contributed by atoms with Crippen molar-refractivity contribution in [3.8, 4) is 0 Å². The third kappa shape index (κ3) is 0.909. The molecule has 0 fully saturated rings. The van der Waals surface area contributed by atoms with Gasteiger partial charge in [-0.3, -0.25) is 9.59 Å². The zero-order valence-electron chi connectivity index (χ0n) is 8.26. The van der Waals surface area contributed by atoms with Crippen molar-refractivity contribution in [2.75, 3.05) is 10.6 Å². The highest BCUT2D eigenvalue weighted by Gasteiger charge is 2.48. The van der Waals surface area contributed by atoms with E-state index in [4.69, 9.17) is 0 Å². The summed E-state index contributed by atoms with van der Waals surface area (Å²) in [7, 11) is 0. The maximum atomic E-state index is 11.8. The van der Waals surface area contributed by atoms with Gasteiger partial charge >= 0.3 is 0 Å². The Hall–Kier alpha value is -1.84. The quantitative estimate of drug-likeness (QED) is 0.665. The highest BCUT2D eigenvalue weighted by molar-refractivity contribution is 6.14. The summed E-state index contributed by atoms with van der Waals surface area (Å²) in [6.45, 7) is 1.82. The van der Waals surface area contributed by atoms with Gasteiger partial charge in [-0.1, -0.05) is 6.07 Å². The highest BCUT2D eigenvalue weighted by Crippen LogP contribution is 2.46. The van der Waals surface area contributed by atoms with Crippen LogP contribution in [0.5, 0.6) is 0 Å². The fourth-order valence-corrected chi connectivity index (χ4v) is 2.41. The van der Waals surface area contributed by atoms with Crippen LogP contribution in [-0.2, 0) is 15.0 Å². The Bertz CT molecular complexity index is 495. The van der Waals surface area contributed by atoms with Crippen LogP contribution >= 0.6 is 0 Å². The van der Waals surface area contributed by atoms with Crippen molar-refractivity contribution in [1.29, 1.82) is 0 Å². The summed E-state index contributed by atoms with van der Waals surface area (Å²) in [5.74, 6) is -0.181. The second-order valence-corrected chi connectivity index (χ2v) is 4.24. The van der Waals surface area contributed by atoms with Gasteiger partial charge in [0.25, 0.3) is 0 Å². The van der Waals surface area contributed by atoms with Crippen LogP contribution in [0.3, 0.4) is 0 Å². The summed E-state index contributed by atoms with van der Waals surface area (Å²) in [6.07, 6.45) is 0.225. The molecule has 3 rings (SSSR count). The Morgan fingerprint density at radius 3 is 2.60 bits per heavy atom. The molecule has 0 bridgehead atoms. The van der Waals surface area contributed by atoms with Crippen molar-refractivity contribution >= 4 is 23.2 Å². The summed E-state index contributed by atoms with van der Waals surface area (Å²) in [6, 6.07) is 5.51. The maximum Gasteiger partial charge on any atom is 0.235 e. The van der Waals surface area contributed by atoms with Gasteiger partial charge in [0.1, 0.15) is 0 Å². The third-order valence-corrected chi connectivity index (χ3v) is 3.15. The SMILES string of the molecule is CC12CC(=O)Nc3cccc(c31)NC2=O. The first-order chi connectivity index (χ1) is 7.11. The summed E-state index contributed by atoms with van der Waals surface area (Å²) in [5.41, 5.74) is 1.81. The van der Waals surface area contributed by atoms with Gasteiger partial charge in [-0.25, -0.2) is 0 Å². The minimum atomic E-state index is -0.686. The van der Waals surface area contributed by atoms with E-state index in [9.17, 15) is 9.59 Å². The Morgan fingerprint density at radius 1 is 1.20 bits per heavy atom. The average Bonchev–Trinajstić information content (AvgIpc) is 2.39. The molecule has 1 unspecified atom stereocenters. The summed E-state index contributed by atoms with van der Waals surface area (Å²) in [5, 5.41) is 5.59. The van der Waals surface area contributed by atoms with Crippen LogP contribution in [0.4, 0.5) is 11.4 Å². The smallest absolute Gasteiger partial charge is 0.235 e. The molecule has 15 heavy (non-hydrogen) atoms. The van der Waals surface area contributed by atoms with E-state index in [0.717, 1.165) is 16.9 Å². The average molecular weight is 202 g/mol. The Labute approximate surface area is 86.7 Å². The van der Waals surface area contributed by atoms with Crippen molar-refractivity contribution in [3.05, 3.63) is 23.8 Å². The van der Waals surface area contributed by atoms with Crippen LogP contribution < -0.4 is 10.6 Å². The molecule has 1 aromatic rings. The Balaban J connectivity index is 2.33. The number of anilines is 2. The molecular weight excluding hydrogens is 192 g/mol. The number of hydrogen-bond acceptors (Lipinski definition) is 2. The van der Waals surface area contributed by atoms with Crippen molar-refractivity contribution < 1.29 is 9.59 Å². The van der Waals surface area contributed by atoms with Crippen LogP contribution in [-0.4, -0.2) is 11.8 Å². The number of carbonyl (C=O) groups excluding carboxylic acids is 2. The topological polar surface area (TPSA) is 58.2 Å². The van der Waals surface area contributed by atoms with Crippen molar-refractivity contribution in [3.63, 3.8) is 0 Å². The van der Waals surface area contributed by atoms with E-state index < -0.39 is 5.41 Å². The van der Waals surface area contributed by atoms with Crippen LogP contribution in [0.15, 0.2) is 18.2 Å². The largest absolute Gasteiger partial charge is 0.326 e. The lowest BCUT2D eigenvalue weighted by Gasteiger charge is -2.28. The van der Waals surface area contributed by atoms with E-state index in [2.05, 4.69) is 10.6 Å². The van der Waals surface area contributed by atoms with Gasteiger partial charge in [0.2, 0.25) is 11.8 Å². The number of carbonyl (C=O) groups is 2. The van der Waals surface area contributed by atoms with E-state index in [1.165, 1.54) is 0 Å². The molecule has 0 saturated carbocycles. The van der Waals surface area contributed by atoms with Crippen LogP contribution in [0.1, 0.15) is 18.9 Å². The molecule has 2 amide bonds. The normalized spacial score (nSPS) is 27.0. The van der Waals surface area contributed by atoms with Gasteiger partial charge in [-0.05, 0) is 19.1 Å². The zero-order valence-corrected chi connectivity index (χ0v) is 8.26. The fraction of sp³-hybridized carbons (Fsp3) is 0.273. The third-order valence-electron chi connectivity index (χ3n) is 3.15. The van der Waals surface area contributed by atoms with E-state index in [-0.39, 0.29) is 18.2 Å². The number of nitrogens with one attached hydrogen (secondary N) is 2. The fourth-order valence-electron chi connectivity index (χ4n) is 2.41. The first-order valence-electron chi connectivity index (χ1n) is 4.86. The molecule has 2 heterocycles. The van der Waals surface area contributed by atoms with Crippen LogP contribution in [0, 0.1) is 0 Å². The van der Waals surface area contributed by atoms with Crippen molar-refractivity contribution in [2.24, 2.45) is 0 Å². The second kappa shape index (κ2) is 2.39. The minimum Gasteiger partial charge on any atom is -0.326 e. The molecule has 4 heteroatoms. The van der Waals surface area contributed by atoms with Crippen LogP contribution in [0.2, 0.25) is 0 Å². The molecule has 2 N–H and O–H groups in total. The standard InChI is InChI=1S/C11H10N2O2/c1-11-5-8(14)12-6-3-2-4-7(9(6)11)13-10(11)15/h2-4H,5H2,1H3,(H,12,14)(H,13,15). The van der Waals surface area contributed by atoms with Crippen molar-refractivity contribution in [2.45, 2.75) is 18.8 Å². The Kier molecular flexibility index (Phi) is 1.35. The summed E-state index contributed by atoms with van der Waals surface area (Å²) >= 11 is 0. The molecule has 0 aromatic heterocycles. The molecule has 0 radical (unpaired) electrons. The summed E-state index contributed by atoms with van der Waals surface area (Å²) < 4.78 is 0. The van der Waals surface area contributed by atoms with Gasteiger partial charge < -0.3 is 10.6 Å². The second-order valence-electron chi connectivity index (χ2n) is 4.24. The lowest BCUT2D eigenvalue weighted by Crippen LogP contribution is -2.39. The van der Waals surface area contributed by atoms with Gasteiger partial charge in [0.05, 0.1) is 5.41 Å². The molecule has 1 aromatic carbocycles. The Morgan fingerprint density at radius 2 is 1.87 bits per heavy atom. The lowest BCUT2D eigenvalue weighted by atomic mass is 9.77. The number of rotatable bonds is 0. The number of amides is 2. The lowest BCUT2D eigenvalue weighted by molar-refractivity contribution is -0.125. The predicted molar refractivity (Wildman–Crippen MR) is 55.7 cm³/mol. The van der Waals surface area contributed by atoms with E-state index in [1.54, 1.807) is 0 Å². The number of hydrogen-bond donors (Lipinski definition) is 2. The van der Waals surface area contributed by atoms with E-state index >= 15 is 0 Å². The molecule has 0 spiro atoms. The van der Waals surface area contributed by atoms with Gasteiger partial charge in [-0.15, -0.1) is 0 Å². The molecule has 4 nitrogen and oxygen atoms in total. The van der Waals surface area contributed by atoms with Gasteiger partial charge in [0, 0.05) is 23.4 Å². The van der Waals surface area contributed by atoms with Gasteiger partial charge in [0.15, 0.2) is 0 Å². The maximum absolute atomic E-state index is 11.8. The first kappa shape index (κ1) is 8.47.